The molecule has 7 nitrogen and oxygen atoms in total. The van der Waals surface area contributed by atoms with Crippen molar-refractivity contribution in [1.82, 2.24) is 10.6 Å². The highest BCUT2D eigenvalue weighted by Gasteiger charge is 2.35. The first kappa shape index (κ1) is 21.2. The van der Waals surface area contributed by atoms with Crippen LogP contribution in [0.5, 0.6) is 5.75 Å². The quantitative estimate of drug-likeness (QED) is 0.633. The summed E-state index contributed by atoms with van der Waals surface area (Å²) in [7, 11) is 1.61. The lowest BCUT2D eigenvalue weighted by molar-refractivity contribution is -0.896. The van der Waals surface area contributed by atoms with Crippen LogP contribution in [0, 0.1) is 0 Å². The largest absolute Gasteiger partial charge is 0.497 e. The Labute approximate surface area is 172 Å². The topological polar surface area (TPSA) is 81.1 Å². The number of quaternary nitrogens is 1. The van der Waals surface area contributed by atoms with E-state index in [-0.39, 0.29) is 18.6 Å². The molecule has 2 heterocycles. The molecular weight excluding hydrogens is 370 g/mol. The van der Waals surface area contributed by atoms with Crippen molar-refractivity contribution in [2.75, 3.05) is 33.4 Å². The Kier molecular flexibility index (Phi) is 7.52. The van der Waals surface area contributed by atoms with Gasteiger partial charge in [0.2, 0.25) is 0 Å². The molecule has 1 atom stereocenters. The molecule has 29 heavy (non-hydrogen) atoms. The van der Waals surface area contributed by atoms with E-state index in [1.165, 1.54) is 37.0 Å². The Morgan fingerprint density at radius 2 is 1.76 bits per heavy atom. The van der Waals surface area contributed by atoms with Crippen LogP contribution in [0.3, 0.4) is 0 Å². The molecule has 2 aliphatic heterocycles. The first-order chi connectivity index (χ1) is 14.1. The third kappa shape index (κ3) is 5.50. The van der Waals surface area contributed by atoms with Crippen LogP contribution in [0.4, 0.5) is 4.79 Å². The van der Waals surface area contributed by atoms with E-state index in [0.29, 0.717) is 17.8 Å². The minimum absolute atomic E-state index is 0.287. The minimum Gasteiger partial charge on any atom is -0.497 e. The molecule has 1 saturated heterocycles. The summed E-state index contributed by atoms with van der Waals surface area (Å²) < 4.78 is 10.6. The molecular formula is C22H32N3O4+. The third-order valence-electron chi connectivity index (χ3n) is 5.59. The molecule has 2 aliphatic rings. The first-order valence-electron chi connectivity index (χ1n) is 10.6. The van der Waals surface area contributed by atoms with Gasteiger partial charge in [-0.05, 0) is 50.3 Å². The summed E-state index contributed by atoms with van der Waals surface area (Å²) in [6.45, 7) is 4.80. The molecule has 0 bridgehead atoms. The second-order valence-corrected chi connectivity index (χ2v) is 7.61. The first-order valence-corrected chi connectivity index (χ1v) is 10.6. The molecule has 1 fully saturated rings. The summed E-state index contributed by atoms with van der Waals surface area (Å²) in [5.74, 6) is 0.336. The minimum atomic E-state index is -0.544. The fraction of sp³-hybridized carbons (Fsp3) is 0.545. The third-order valence-corrected chi connectivity index (χ3v) is 5.59. The lowest BCUT2D eigenvalue weighted by Gasteiger charge is -2.31. The summed E-state index contributed by atoms with van der Waals surface area (Å²) in [4.78, 5) is 26.7. The predicted molar refractivity (Wildman–Crippen MR) is 110 cm³/mol. The summed E-state index contributed by atoms with van der Waals surface area (Å²) in [5, 5.41) is 5.78. The highest BCUT2D eigenvalue weighted by molar-refractivity contribution is 5.95. The van der Waals surface area contributed by atoms with Crippen molar-refractivity contribution in [3.05, 3.63) is 41.1 Å². The van der Waals surface area contributed by atoms with Crippen molar-refractivity contribution >= 4 is 12.0 Å². The molecule has 7 heteroatoms. The summed E-state index contributed by atoms with van der Waals surface area (Å²) in [5.41, 5.74) is 1.98. The van der Waals surface area contributed by atoms with E-state index in [4.69, 9.17) is 9.47 Å². The summed E-state index contributed by atoms with van der Waals surface area (Å²) in [6.07, 6.45) is 6.13. The maximum absolute atomic E-state index is 12.9. The van der Waals surface area contributed by atoms with Crippen LogP contribution in [0.1, 0.15) is 50.6 Å². The number of hydrogen-bond acceptors (Lipinski definition) is 4. The van der Waals surface area contributed by atoms with Gasteiger partial charge in [-0.2, -0.15) is 0 Å². The molecule has 0 unspecified atom stereocenters. The fourth-order valence-electron chi connectivity index (χ4n) is 4.09. The van der Waals surface area contributed by atoms with E-state index in [9.17, 15) is 9.59 Å². The molecule has 3 rings (SSSR count). The van der Waals surface area contributed by atoms with E-state index in [1.54, 1.807) is 14.0 Å². The van der Waals surface area contributed by atoms with Crippen molar-refractivity contribution in [1.29, 1.82) is 0 Å². The smallest absolute Gasteiger partial charge is 0.338 e. The SMILES string of the molecule is CCOC(=O)C1=C(C[NH+]2CCCCCCC2)NC(=O)N[C@@H]1c1ccc(OC)cc1. The standard InChI is InChI=1S/C22H31N3O4/c1-3-29-21(26)19-18(15-25-13-7-5-4-6-8-14-25)23-22(27)24-20(19)16-9-11-17(28-2)12-10-16/h9-12,20H,3-8,13-15H2,1-2H3,(H2,23,24,27)/p+1/t20-/m1/s1. The van der Waals surface area contributed by atoms with Crippen molar-refractivity contribution in [2.45, 2.75) is 45.1 Å². The highest BCUT2D eigenvalue weighted by atomic mass is 16.5. The van der Waals surface area contributed by atoms with Gasteiger partial charge < -0.3 is 25.0 Å². The Bertz CT molecular complexity index is 737. The van der Waals surface area contributed by atoms with Crippen molar-refractivity contribution in [3.63, 3.8) is 0 Å². The number of benzene rings is 1. The zero-order valence-corrected chi connectivity index (χ0v) is 17.4. The molecule has 0 aliphatic carbocycles. The number of hydrogen-bond donors (Lipinski definition) is 3. The predicted octanol–water partition coefficient (Wildman–Crippen LogP) is 1.72. The molecule has 3 N–H and O–H groups in total. The molecule has 0 saturated carbocycles. The highest BCUT2D eigenvalue weighted by Crippen LogP contribution is 2.28. The zero-order chi connectivity index (χ0) is 20.6. The van der Waals surface area contributed by atoms with Gasteiger partial charge in [0.15, 0.2) is 0 Å². The Morgan fingerprint density at radius 1 is 1.10 bits per heavy atom. The number of ether oxygens (including phenoxy) is 2. The summed E-state index contributed by atoms with van der Waals surface area (Å²) in [6, 6.07) is 6.56. The fourth-order valence-corrected chi connectivity index (χ4v) is 4.09. The molecule has 0 radical (unpaired) electrons. The number of carbonyl (C=O) groups is 2. The maximum atomic E-state index is 12.9. The Balaban J connectivity index is 1.93. The van der Waals surface area contributed by atoms with E-state index in [0.717, 1.165) is 24.4 Å². The summed E-state index contributed by atoms with van der Waals surface area (Å²) >= 11 is 0. The van der Waals surface area contributed by atoms with Gasteiger partial charge in [-0.3, -0.25) is 0 Å². The van der Waals surface area contributed by atoms with Gasteiger partial charge in [0.05, 0.1) is 44.1 Å². The van der Waals surface area contributed by atoms with Crippen LogP contribution in [-0.2, 0) is 9.53 Å². The van der Waals surface area contributed by atoms with E-state index >= 15 is 0 Å². The van der Waals surface area contributed by atoms with Crippen LogP contribution in [-0.4, -0.2) is 45.4 Å². The number of carbonyl (C=O) groups excluding carboxylic acids is 2. The van der Waals surface area contributed by atoms with Crippen molar-refractivity contribution in [2.24, 2.45) is 0 Å². The van der Waals surface area contributed by atoms with Gasteiger partial charge in [0, 0.05) is 0 Å². The lowest BCUT2D eigenvalue weighted by Crippen LogP contribution is -3.12. The normalized spacial score (nSPS) is 20.9. The molecule has 0 aromatic heterocycles. The van der Waals surface area contributed by atoms with Crippen molar-refractivity contribution in [3.8, 4) is 5.75 Å². The number of amides is 2. The number of likely N-dealkylation sites (tertiary alicyclic amines) is 1. The van der Waals surface area contributed by atoms with Crippen LogP contribution < -0.4 is 20.3 Å². The second-order valence-electron chi connectivity index (χ2n) is 7.61. The molecule has 2 amide bonds. The van der Waals surface area contributed by atoms with Crippen LogP contribution >= 0.6 is 0 Å². The zero-order valence-electron chi connectivity index (χ0n) is 17.4. The maximum Gasteiger partial charge on any atom is 0.338 e. The van der Waals surface area contributed by atoms with Crippen LogP contribution in [0.15, 0.2) is 35.5 Å². The molecule has 1 aromatic rings. The average Bonchev–Trinajstić information content (AvgIpc) is 2.69. The number of rotatable bonds is 6. The van der Waals surface area contributed by atoms with Gasteiger partial charge in [-0.15, -0.1) is 0 Å². The number of nitrogens with one attached hydrogen (secondary N) is 3. The van der Waals surface area contributed by atoms with E-state index < -0.39 is 6.04 Å². The monoisotopic (exact) mass is 402 g/mol. The second kappa shape index (κ2) is 10.3. The number of esters is 1. The van der Waals surface area contributed by atoms with E-state index in [1.807, 2.05) is 24.3 Å². The van der Waals surface area contributed by atoms with Crippen molar-refractivity contribution < 1.29 is 24.0 Å². The average molecular weight is 403 g/mol. The van der Waals surface area contributed by atoms with Gasteiger partial charge in [-0.1, -0.05) is 18.6 Å². The molecule has 0 spiro atoms. The van der Waals surface area contributed by atoms with E-state index in [2.05, 4.69) is 10.6 Å². The van der Waals surface area contributed by atoms with Gasteiger partial charge in [-0.25, -0.2) is 9.59 Å². The van der Waals surface area contributed by atoms with Gasteiger partial charge in [0.25, 0.3) is 0 Å². The van der Waals surface area contributed by atoms with Gasteiger partial charge >= 0.3 is 12.0 Å². The Hall–Kier alpha value is -2.54. The number of methoxy groups -OCH3 is 1. The van der Waals surface area contributed by atoms with Gasteiger partial charge in [0.1, 0.15) is 12.3 Å². The van der Waals surface area contributed by atoms with Crippen LogP contribution in [0.25, 0.3) is 0 Å². The lowest BCUT2D eigenvalue weighted by atomic mass is 9.94. The molecule has 1 aromatic carbocycles. The number of urea groups is 1. The Morgan fingerprint density at radius 3 is 2.38 bits per heavy atom. The molecule has 158 valence electrons. The van der Waals surface area contributed by atoms with Crippen LogP contribution in [0.2, 0.25) is 0 Å².